The first kappa shape index (κ1) is 14.7. The maximum atomic E-state index is 11.4. The van der Waals surface area contributed by atoms with Gasteiger partial charge in [0.2, 0.25) is 0 Å². The minimum absolute atomic E-state index is 0.00563. The average Bonchev–Trinajstić information content (AvgIpc) is 2.25. The summed E-state index contributed by atoms with van der Waals surface area (Å²) < 4.78 is 0. The number of carboxylic acids is 1. The van der Waals surface area contributed by atoms with Gasteiger partial charge in [-0.2, -0.15) is 0 Å². The van der Waals surface area contributed by atoms with Gasteiger partial charge in [-0.25, -0.2) is 9.59 Å². The molecule has 0 aromatic heterocycles. The van der Waals surface area contributed by atoms with Crippen molar-refractivity contribution in [2.45, 2.75) is 45.2 Å². The van der Waals surface area contributed by atoms with E-state index in [-0.39, 0.29) is 19.1 Å². The highest BCUT2D eigenvalue weighted by Gasteiger charge is 2.19. The quantitative estimate of drug-likeness (QED) is 0.507. The van der Waals surface area contributed by atoms with Crippen molar-refractivity contribution in [3.63, 3.8) is 0 Å². The Hall–Kier alpha value is -1.30. The molecule has 0 radical (unpaired) electrons. The lowest BCUT2D eigenvalue weighted by Gasteiger charge is -2.18. The Labute approximate surface area is 95.0 Å². The fraction of sp³-hybridized carbons (Fsp3) is 0.800. The SMILES string of the molecule is CCC(CC)NC(=O)N[C@@H](CCO)C(=O)O. The molecule has 0 saturated heterocycles. The van der Waals surface area contributed by atoms with E-state index in [1.807, 2.05) is 13.8 Å². The van der Waals surface area contributed by atoms with Crippen molar-refractivity contribution < 1.29 is 19.8 Å². The summed E-state index contributed by atoms with van der Waals surface area (Å²) in [5.41, 5.74) is 0. The van der Waals surface area contributed by atoms with Crippen LogP contribution in [0.3, 0.4) is 0 Å². The van der Waals surface area contributed by atoms with Crippen LogP contribution in [0.4, 0.5) is 4.79 Å². The van der Waals surface area contributed by atoms with Crippen LogP contribution >= 0.6 is 0 Å². The molecule has 0 aromatic carbocycles. The summed E-state index contributed by atoms with van der Waals surface area (Å²) in [6.45, 7) is 3.61. The van der Waals surface area contributed by atoms with E-state index in [1.54, 1.807) is 0 Å². The fourth-order valence-electron chi connectivity index (χ4n) is 1.26. The largest absolute Gasteiger partial charge is 0.480 e. The molecule has 0 aliphatic carbocycles. The number of carbonyl (C=O) groups is 2. The summed E-state index contributed by atoms with van der Waals surface area (Å²) in [7, 11) is 0. The summed E-state index contributed by atoms with van der Waals surface area (Å²) in [4.78, 5) is 22.1. The van der Waals surface area contributed by atoms with E-state index >= 15 is 0 Å². The number of carboxylic acid groups (broad SMARTS) is 1. The van der Waals surface area contributed by atoms with E-state index in [0.29, 0.717) is 0 Å². The van der Waals surface area contributed by atoms with Crippen LogP contribution in [-0.4, -0.2) is 40.9 Å². The van der Waals surface area contributed by atoms with Crippen molar-refractivity contribution in [3.8, 4) is 0 Å². The van der Waals surface area contributed by atoms with E-state index in [0.717, 1.165) is 12.8 Å². The van der Waals surface area contributed by atoms with Gasteiger partial charge < -0.3 is 20.8 Å². The molecule has 0 fully saturated rings. The second-order valence-electron chi connectivity index (χ2n) is 3.53. The first-order valence-corrected chi connectivity index (χ1v) is 5.45. The van der Waals surface area contributed by atoms with Crippen LogP contribution in [-0.2, 0) is 4.79 Å². The lowest BCUT2D eigenvalue weighted by atomic mass is 10.2. The minimum Gasteiger partial charge on any atom is -0.480 e. The van der Waals surface area contributed by atoms with Gasteiger partial charge in [-0.1, -0.05) is 13.8 Å². The zero-order chi connectivity index (χ0) is 12.6. The first-order chi connectivity index (χ1) is 7.54. The third-order valence-corrected chi connectivity index (χ3v) is 2.34. The van der Waals surface area contributed by atoms with Crippen LogP contribution in [0.15, 0.2) is 0 Å². The number of hydrogen-bond acceptors (Lipinski definition) is 3. The third kappa shape index (κ3) is 5.55. The van der Waals surface area contributed by atoms with Crippen LogP contribution < -0.4 is 10.6 Å². The summed E-state index contributed by atoms with van der Waals surface area (Å²) in [6, 6.07) is -1.50. The molecule has 4 N–H and O–H groups in total. The highest BCUT2D eigenvalue weighted by Crippen LogP contribution is 1.97. The number of aliphatic hydroxyl groups excluding tert-OH is 1. The summed E-state index contributed by atoms with van der Waals surface area (Å²) in [5, 5.41) is 22.4. The van der Waals surface area contributed by atoms with Gasteiger partial charge in [0.05, 0.1) is 0 Å². The van der Waals surface area contributed by atoms with Crippen LogP contribution in [0.1, 0.15) is 33.1 Å². The number of aliphatic carboxylic acids is 1. The fourth-order valence-corrected chi connectivity index (χ4v) is 1.26. The maximum Gasteiger partial charge on any atom is 0.326 e. The molecule has 0 saturated carbocycles. The molecule has 0 bridgehead atoms. The minimum atomic E-state index is -1.14. The van der Waals surface area contributed by atoms with Crippen LogP contribution in [0.25, 0.3) is 0 Å². The van der Waals surface area contributed by atoms with Gasteiger partial charge in [0.25, 0.3) is 0 Å². The van der Waals surface area contributed by atoms with Crippen molar-refractivity contribution in [1.29, 1.82) is 0 Å². The number of urea groups is 1. The maximum absolute atomic E-state index is 11.4. The lowest BCUT2D eigenvalue weighted by molar-refractivity contribution is -0.139. The molecule has 94 valence electrons. The molecule has 0 rings (SSSR count). The van der Waals surface area contributed by atoms with Crippen molar-refractivity contribution in [2.75, 3.05) is 6.61 Å². The summed E-state index contributed by atoms with van der Waals surface area (Å²) in [5.74, 6) is -1.14. The van der Waals surface area contributed by atoms with E-state index in [1.165, 1.54) is 0 Å². The van der Waals surface area contributed by atoms with Gasteiger partial charge in [-0.3, -0.25) is 0 Å². The molecule has 0 unspecified atom stereocenters. The number of nitrogens with one attached hydrogen (secondary N) is 2. The van der Waals surface area contributed by atoms with Crippen molar-refractivity contribution in [2.24, 2.45) is 0 Å². The van der Waals surface area contributed by atoms with Gasteiger partial charge in [0, 0.05) is 19.1 Å². The normalized spacial score (nSPS) is 12.2. The molecule has 0 spiro atoms. The van der Waals surface area contributed by atoms with Gasteiger partial charge in [-0.15, -0.1) is 0 Å². The molecule has 0 aromatic rings. The second-order valence-corrected chi connectivity index (χ2v) is 3.53. The Balaban J connectivity index is 4.13. The Kier molecular flexibility index (Phi) is 7.28. The number of aliphatic hydroxyl groups is 1. The Bertz CT molecular complexity index is 229. The van der Waals surface area contributed by atoms with E-state index in [9.17, 15) is 9.59 Å². The summed E-state index contributed by atoms with van der Waals surface area (Å²) in [6.07, 6.45) is 1.59. The molecular weight excluding hydrogens is 212 g/mol. The zero-order valence-electron chi connectivity index (χ0n) is 9.69. The zero-order valence-corrected chi connectivity index (χ0v) is 9.69. The molecule has 0 heterocycles. The van der Waals surface area contributed by atoms with Gasteiger partial charge in [-0.05, 0) is 12.8 Å². The van der Waals surface area contributed by atoms with Gasteiger partial charge in [0.15, 0.2) is 0 Å². The number of rotatable bonds is 7. The topological polar surface area (TPSA) is 98.7 Å². The molecule has 2 amide bonds. The monoisotopic (exact) mass is 232 g/mol. The second kappa shape index (κ2) is 7.92. The Morgan fingerprint density at radius 3 is 2.12 bits per heavy atom. The lowest BCUT2D eigenvalue weighted by Crippen LogP contribution is -2.49. The summed E-state index contributed by atoms with van der Waals surface area (Å²) >= 11 is 0. The molecule has 1 atom stereocenters. The predicted molar refractivity (Wildman–Crippen MR) is 59.2 cm³/mol. The van der Waals surface area contributed by atoms with E-state index in [4.69, 9.17) is 10.2 Å². The highest BCUT2D eigenvalue weighted by atomic mass is 16.4. The van der Waals surface area contributed by atoms with Crippen LogP contribution in [0.5, 0.6) is 0 Å². The van der Waals surface area contributed by atoms with Gasteiger partial charge >= 0.3 is 12.0 Å². The van der Waals surface area contributed by atoms with Crippen LogP contribution in [0, 0.1) is 0 Å². The molecule has 0 aliphatic rings. The molecular formula is C10H20N2O4. The number of hydrogen-bond donors (Lipinski definition) is 4. The molecule has 6 nitrogen and oxygen atoms in total. The van der Waals surface area contributed by atoms with Crippen LogP contribution in [0.2, 0.25) is 0 Å². The average molecular weight is 232 g/mol. The van der Waals surface area contributed by atoms with E-state index < -0.39 is 18.0 Å². The number of amides is 2. The van der Waals surface area contributed by atoms with Crippen molar-refractivity contribution >= 4 is 12.0 Å². The molecule has 6 heteroatoms. The molecule has 16 heavy (non-hydrogen) atoms. The molecule has 0 aliphatic heterocycles. The van der Waals surface area contributed by atoms with E-state index in [2.05, 4.69) is 10.6 Å². The van der Waals surface area contributed by atoms with Gasteiger partial charge in [0.1, 0.15) is 6.04 Å². The standard InChI is InChI=1S/C10H20N2O4/c1-3-7(4-2)11-10(16)12-8(5-6-13)9(14)15/h7-8,13H,3-6H2,1-2H3,(H,14,15)(H2,11,12,16)/t8-/m0/s1. The third-order valence-electron chi connectivity index (χ3n) is 2.34. The Morgan fingerprint density at radius 1 is 1.19 bits per heavy atom. The van der Waals surface area contributed by atoms with Crippen molar-refractivity contribution in [3.05, 3.63) is 0 Å². The Morgan fingerprint density at radius 2 is 1.75 bits per heavy atom. The first-order valence-electron chi connectivity index (χ1n) is 5.45. The highest BCUT2D eigenvalue weighted by molar-refractivity contribution is 5.82. The predicted octanol–water partition coefficient (Wildman–Crippen LogP) is 0.310. The smallest absolute Gasteiger partial charge is 0.326 e. The van der Waals surface area contributed by atoms with Crippen molar-refractivity contribution in [1.82, 2.24) is 10.6 Å². The number of carbonyl (C=O) groups excluding carboxylic acids is 1.